The van der Waals surface area contributed by atoms with E-state index >= 15 is 0 Å². The van der Waals surface area contributed by atoms with Crippen LogP contribution in [-0.4, -0.2) is 11.6 Å². The van der Waals surface area contributed by atoms with E-state index in [1.807, 2.05) is 18.2 Å². The first-order valence-electron chi connectivity index (χ1n) is 16.5. The predicted molar refractivity (Wildman–Crippen MR) is 201 cm³/mol. The van der Waals surface area contributed by atoms with Gasteiger partial charge >= 0.3 is 0 Å². The molecule has 1 aliphatic carbocycles. The van der Waals surface area contributed by atoms with Gasteiger partial charge in [-0.25, -0.2) is 0 Å². The summed E-state index contributed by atoms with van der Waals surface area (Å²) in [5.74, 6) is -0.398. The average Bonchev–Trinajstić information content (AvgIpc) is 3.58. The van der Waals surface area contributed by atoms with E-state index in [-0.39, 0.29) is 22.6 Å². The molecule has 4 heteroatoms. The normalized spacial score (nSPS) is 14.7. The van der Waals surface area contributed by atoms with Crippen LogP contribution in [0.25, 0.3) is 28.0 Å². The van der Waals surface area contributed by atoms with Gasteiger partial charge in [0.05, 0.1) is 16.9 Å². The summed E-state index contributed by atoms with van der Waals surface area (Å²) in [5.41, 5.74) is 14.3. The Morgan fingerprint density at radius 2 is 1.27 bits per heavy atom. The molecular weight excluding hydrogens is 607 g/mol. The maximum absolute atomic E-state index is 13.4. The molecule has 0 radical (unpaired) electrons. The summed E-state index contributed by atoms with van der Waals surface area (Å²) < 4.78 is 0. The summed E-state index contributed by atoms with van der Waals surface area (Å²) in [6.45, 7) is 15.5. The van der Waals surface area contributed by atoms with Crippen LogP contribution in [0.15, 0.2) is 96.6 Å². The van der Waals surface area contributed by atoms with Crippen LogP contribution in [0.1, 0.15) is 78.4 Å². The van der Waals surface area contributed by atoms with Crippen molar-refractivity contribution in [3.63, 3.8) is 0 Å². The number of nitrogens with zero attached hydrogens (tertiary/aromatic N) is 1. The SMILES string of the molecule is Cc1cc(C)c(-c2ccc3c(c2)C(C)(C)c2cc(C=C4C(=O)c5ccccc5C4=O)sc2N3c2c(C)cc(C)c3ccccc23)c(C)c1. The van der Waals surface area contributed by atoms with Crippen molar-refractivity contribution in [1.29, 1.82) is 0 Å². The molecule has 0 saturated carbocycles. The molecule has 2 aliphatic rings. The molecule has 6 aromatic rings. The van der Waals surface area contributed by atoms with Gasteiger partial charge in [-0.05, 0) is 109 Å². The molecular formula is C44H37NO2S. The summed E-state index contributed by atoms with van der Waals surface area (Å²) in [7, 11) is 0. The van der Waals surface area contributed by atoms with Crippen LogP contribution >= 0.6 is 11.3 Å². The highest BCUT2D eigenvalue weighted by atomic mass is 32.1. The van der Waals surface area contributed by atoms with Crippen molar-refractivity contribution in [1.82, 2.24) is 0 Å². The summed E-state index contributed by atoms with van der Waals surface area (Å²) in [4.78, 5) is 30.2. The molecule has 0 unspecified atom stereocenters. The van der Waals surface area contributed by atoms with E-state index in [0.717, 1.165) is 21.3 Å². The number of aryl methyl sites for hydroxylation is 5. The number of rotatable bonds is 3. The fraction of sp³-hybridized carbons (Fsp3) is 0.182. The fourth-order valence-electron chi connectivity index (χ4n) is 8.14. The molecule has 0 bridgehead atoms. The van der Waals surface area contributed by atoms with Crippen molar-refractivity contribution in [2.45, 2.75) is 53.9 Å². The zero-order valence-electron chi connectivity index (χ0n) is 28.4. The van der Waals surface area contributed by atoms with E-state index in [4.69, 9.17) is 0 Å². The number of ketones is 2. The first-order chi connectivity index (χ1) is 23.0. The smallest absolute Gasteiger partial charge is 0.197 e. The molecule has 0 atom stereocenters. The van der Waals surface area contributed by atoms with Gasteiger partial charge in [-0.1, -0.05) is 92.2 Å². The van der Waals surface area contributed by atoms with E-state index in [9.17, 15) is 9.59 Å². The maximum Gasteiger partial charge on any atom is 0.197 e. The number of benzene rings is 5. The van der Waals surface area contributed by atoms with E-state index in [1.54, 1.807) is 23.5 Å². The first kappa shape index (κ1) is 30.3. The minimum Gasteiger partial charge on any atom is -0.300 e. The Morgan fingerprint density at radius 1 is 0.646 bits per heavy atom. The highest BCUT2D eigenvalue weighted by Gasteiger charge is 2.40. The van der Waals surface area contributed by atoms with Crippen molar-refractivity contribution < 1.29 is 9.59 Å². The fourth-order valence-corrected chi connectivity index (χ4v) is 9.43. The van der Waals surface area contributed by atoms with Crippen molar-refractivity contribution in [3.05, 3.63) is 152 Å². The third-order valence-electron chi connectivity index (χ3n) is 10.3. The number of allylic oxidation sites excluding steroid dienone is 1. The third-order valence-corrected chi connectivity index (χ3v) is 11.4. The topological polar surface area (TPSA) is 37.4 Å². The molecule has 0 spiro atoms. The van der Waals surface area contributed by atoms with Crippen LogP contribution in [0.4, 0.5) is 16.4 Å². The molecule has 236 valence electrons. The average molecular weight is 644 g/mol. The van der Waals surface area contributed by atoms with Crippen LogP contribution in [-0.2, 0) is 5.41 Å². The Kier molecular flexibility index (Phi) is 6.77. The van der Waals surface area contributed by atoms with Crippen LogP contribution < -0.4 is 4.90 Å². The van der Waals surface area contributed by atoms with Crippen molar-refractivity contribution in [3.8, 4) is 11.1 Å². The number of Topliss-reactive ketones (excluding diaryl/α,β-unsaturated/α-hetero) is 2. The molecule has 0 saturated heterocycles. The monoisotopic (exact) mass is 643 g/mol. The molecule has 0 fully saturated rings. The molecule has 48 heavy (non-hydrogen) atoms. The lowest BCUT2D eigenvalue weighted by atomic mass is 9.74. The number of hydrogen-bond donors (Lipinski definition) is 0. The second-order valence-corrected chi connectivity index (χ2v) is 15.1. The van der Waals surface area contributed by atoms with Crippen LogP contribution in [0, 0.1) is 34.6 Å². The number of anilines is 3. The Bertz CT molecular complexity index is 2360. The van der Waals surface area contributed by atoms with Crippen molar-refractivity contribution in [2.75, 3.05) is 4.90 Å². The second kappa shape index (κ2) is 10.7. The Morgan fingerprint density at radius 3 is 1.94 bits per heavy atom. The van der Waals surface area contributed by atoms with E-state index < -0.39 is 0 Å². The Labute approximate surface area is 286 Å². The van der Waals surface area contributed by atoms with Gasteiger partial charge in [0.15, 0.2) is 11.6 Å². The zero-order valence-corrected chi connectivity index (χ0v) is 29.2. The number of carbonyl (C=O) groups is 2. The number of carbonyl (C=O) groups excluding carboxylic acids is 2. The zero-order chi connectivity index (χ0) is 33.6. The van der Waals surface area contributed by atoms with Crippen LogP contribution in [0.3, 0.4) is 0 Å². The first-order valence-corrected chi connectivity index (χ1v) is 17.3. The highest BCUT2D eigenvalue weighted by molar-refractivity contribution is 7.17. The van der Waals surface area contributed by atoms with Gasteiger partial charge in [0, 0.05) is 26.8 Å². The second-order valence-electron chi connectivity index (χ2n) is 14.0. The minimum atomic E-state index is -0.349. The molecule has 0 N–H and O–H groups in total. The Hall–Kier alpha value is -5.06. The molecule has 8 rings (SSSR count). The molecule has 1 aromatic heterocycles. The number of thiophene rings is 1. The number of hydrogen-bond acceptors (Lipinski definition) is 4. The Balaban J connectivity index is 1.39. The summed E-state index contributed by atoms with van der Waals surface area (Å²) in [6.07, 6.45) is 1.82. The van der Waals surface area contributed by atoms with Gasteiger partial charge in [0.1, 0.15) is 5.00 Å². The summed E-state index contributed by atoms with van der Waals surface area (Å²) >= 11 is 1.65. The van der Waals surface area contributed by atoms with Gasteiger partial charge in [-0.15, -0.1) is 11.3 Å². The molecule has 1 aliphatic heterocycles. The van der Waals surface area contributed by atoms with Gasteiger partial charge in [0.25, 0.3) is 0 Å². The highest BCUT2D eigenvalue weighted by Crippen LogP contribution is 2.57. The van der Waals surface area contributed by atoms with Gasteiger partial charge in [-0.2, -0.15) is 0 Å². The summed E-state index contributed by atoms with van der Waals surface area (Å²) in [6, 6.07) is 31.7. The standard InChI is InChI=1S/C44H37NO2S/c1-24-18-26(3)39(27(4)19-24)29-16-17-38-36(21-29)44(6,7)37-23-30(22-35-41(46)33-14-10-11-15-34(33)42(35)47)48-43(37)45(38)40-28(5)20-25(2)31-12-8-9-13-32(31)40/h8-23H,1-7H3. The van der Waals surface area contributed by atoms with E-state index in [2.05, 4.69) is 120 Å². The van der Waals surface area contributed by atoms with Crippen molar-refractivity contribution in [2.24, 2.45) is 0 Å². The van der Waals surface area contributed by atoms with Gasteiger partial charge in [0.2, 0.25) is 0 Å². The molecule has 0 amide bonds. The van der Waals surface area contributed by atoms with Crippen molar-refractivity contribution >= 4 is 56.1 Å². The van der Waals surface area contributed by atoms with Crippen LogP contribution in [0.2, 0.25) is 0 Å². The van der Waals surface area contributed by atoms with E-state index in [1.165, 1.54) is 60.8 Å². The molecule has 3 nitrogen and oxygen atoms in total. The maximum atomic E-state index is 13.4. The quantitative estimate of drug-likeness (QED) is 0.142. The lowest BCUT2D eigenvalue weighted by Gasteiger charge is -2.41. The lowest BCUT2D eigenvalue weighted by Crippen LogP contribution is -2.29. The predicted octanol–water partition coefficient (Wildman–Crippen LogP) is 11.7. The van der Waals surface area contributed by atoms with Gasteiger partial charge in [-0.3, -0.25) is 9.59 Å². The minimum absolute atomic E-state index is 0.199. The summed E-state index contributed by atoms with van der Waals surface area (Å²) in [5, 5.41) is 3.54. The molecule has 2 heterocycles. The van der Waals surface area contributed by atoms with Crippen LogP contribution in [0.5, 0.6) is 0 Å². The molecule has 5 aromatic carbocycles. The number of fused-ring (bicyclic) bond motifs is 4. The van der Waals surface area contributed by atoms with E-state index in [0.29, 0.717) is 11.1 Å². The van der Waals surface area contributed by atoms with Gasteiger partial charge < -0.3 is 4.90 Å². The largest absolute Gasteiger partial charge is 0.300 e. The lowest BCUT2D eigenvalue weighted by molar-refractivity contribution is 0.0990. The third kappa shape index (κ3) is 4.39.